The van der Waals surface area contributed by atoms with E-state index in [0.717, 1.165) is 21.9 Å². The van der Waals surface area contributed by atoms with Crippen LogP contribution >= 0.6 is 0 Å². The van der Waals surface area contributed by atoms with Crippen molar-refractivity contribution in [3.8, 4) is 0 Å². The molecular weight excluding hydrogens is 250 g/mol. The Labute approximate surface area is 109 Å². The average Bonchev–Trinajstić information content (AvgIpc) is 2.84. The van der Waals surface area contributed by atoms with Crippen LogP contribution < -0.4 is 5.69 Å². The monoisotopic (exact) mass is 265 g/mol. The molecule has 0 amide bonds. The Morgan fingerprint density at radius 3 is 2.74 bits per heavy atom. The first kappa shape index (κ1) is 13.2. The molecule has 8 nitrogen and oxygen atoms in total. The number of hydrogen-bond acceptors (Lipinski definition) is 6. The largest absolute Gasteiger partial charge is 0.458 e. The number of carbonyl (C=O) groups excluding carboxylic acids is 1. The second-order valence-corrected chi connectivity index (χ2v) is 4.13. The lowest BCUT2D eigenvalue weighted by molar-refractivity contribution is 0.0280. The van der Waals surface area contributed by atoms with Gasteiger partial charge < -0.3 is 4.74 Å². The third-order valence-corrected chi connectivity index (χ3v) is 2.88. The highest BCUT2D eigenvalue weighted by Gasteiger charge is 2.20. The molecule has 0 N–H and O–H groups in total. The Bertz CT molecular complexity index is 656. The maximum Gasteiger partial charge on any atom is 0.361 e. The summed E-state index contributed by atoms with van der Waals surface area (Å²) in [5.74, 6) is -0.584. The highest BCUT2D eigenvalue weighted by molar-refractivity contribution is 5.93. The highest BCUT2D eigenvalue weighted by Crippen LogP contribution is 2.10. The summed E-state index contributed by atoms with van der Waals surface area (Å²) in [6.45, 7) is 3.87. The summed E-state index contributed by atoms with van der Waals surface area (Å²) in [5, 5.41) is 7.42. The minimum Gasteiger partial charge on any atom is -0.458 e. The third kappa shape index (κ3) is 2.33. The van der Waals surface area contributed by atoms with Gasteiger partial charge in [0, 0.05) is 7.05 Å². The summed E-state index contributed by atoms with van der Waals surface area (Å²) in [6.07, 6.45) is 2.53. The number of imidazole rings is 1. The molecule has 0 spiro atoms. The summed E-state index contributed by atoms with van der Waals surface area (Å²) in [6, 6.07) is 0. The lowest BCUT2D eigenvalue weighted by atomic mass is 10.2. The van der Waals surface area contributed by atoms with Gasteiger partial charge in [0.05, 0.1) is 0 Å². The van der Waals surface area contributed by atoms with E-state index < -0.39 is 11.7 Å². The van der Waals surface area contributed by atoms with Gasteiger partial charge in [0.1, 0.15) is 12.4 Å². The summed E-state index contributed by atoms with van der Waals surface area (Å²) in [4.78, 5) is 27.6. The van der Waals surface area contributed by atoms with Crippen LogP contribution in [0, 0.1) is 0 Å². The number of aryl methyl sites for hydroxylation is 1. The first-order valence-corrected chi connectivity index (χ1v) is 6.06. The number of ether oxygens (including phenoxy) is 1. The Balaban J connectivity index is 2.39. The van der Waals surface area contributed by atoms with Crippen molar-refractivity contribution in [3.63, 3.8) is 0 Å². The summed E-state index contributed by atoms with van der Waals surface area (Å²) in [5.41, 5.74) is -0.296. The molecule has 19 heavy (non-hydrogen) atoms. The van der Waals surface area contributed by atoms with E-state index in [4.69, 9.17) is 4.74 Å². The van der Waals surface area contributed by atoms with E-state index in [2.05, 4.69) is 15.3 Å². The molecule has 102 valence electrons. The molecular formula is C11H15N5O3. The van der Waals surface area contributed by atoms with Crippen molar-refractivity contribution >= 4 is 11.6 Å². The molecule has 8 heteroatoms. The molecule has 2 heterocycles. The molecule has 0 fully saturated rings. The molecule has 0 aliphatic carbocycles. The number of esters is 1. The quantitative estimate of drug-likeness (QED) is 0.732. The van der Waals surface area contributed by atoms with Crippen LogP contribution in [-0.4, -0.2) is 36.5 Å². The molecule has 2 aromatic rings. The predicted molar refractivity (Wildman–Crippen MR) is 65.8 cm³/mol. The van der Waals surface area contributed by atoms with Gasteiger partial charge in [0.2, 0.25) is 0 Å². The van der Waals surface area contributed by atoms with Gasteiger partial charge in [-0.25, -0.2) is 19.0 Å². The van der Waals surface area contributed by atoms with Crippen LogP contribution in [0.5, 0.6) is 0 Å². The molecule has 0 saturated carbocycles. The highest BCUT2D eigenvalue weighted by atomic mass is 16.5. The fourth-order valence-electron chi connectivity index (χ4n) is 1.69. The van der Waals surface area contributed by atoms with Crippen molar-refractivity contribution in [3.05, 3.63) is 22.5 Å². The van der Waals surface area contributed by atoms with Gasteiger partial charge in [0.25, 0.3) is 0 Å². The van der Waals surface area contributed by atoms with E-state index in [0.29, 0.717) is 0 Å². The van der Waals surface area contributed by atoms with Crippen molar-refractivity contribution in [2.24, 2.45) is 7.05 Å². The minimum absolute atomic E-state index is 0.0112. The van der Waals surface area contributed by atoms with E-state index in [-0.39, 0.29) is 17.4 Å². The Kier molecular flexibility index (Phi) is 3.59. The molecule has 0 aliphatic heterocycles. The number of rotatable bonds is 4. The zero-order valence-corrected chi connectivity index (χ0v) is 11.0. The van der Waals surface area contributed by atoms with Gasteiger partial charge in [-0.15, -0.1) is 5.10 Å². The summed E-state index contributed by atoms with van der Waals surface area (Å²) in [7, 11) is 1.47. The van der Waals surface area contributed by atoms with Crippen molar-refractivity contribution < 1.29 is 9.53 Å². The Hall–Kier alpha value is -2.25. The normalized spacial score (nSPS) is 11.2. The van der Waals surface area contributed by atoms with Crippen LogP contribution in [0.4, 0.5) is 0 Å². The van der Waals surface area contributed by atoms with E-state index in [1.807, 2.05) is 13.8 Å². The van der Waals surface area contributed by atoms with E-state index in [1.54, 1.807) is 0 Å². The molecule has 0 radical (unpaired) electrons. The SMILES string of the molecule is CCC(CC)OC(=O)c1ncn2c(=O)n(C)nnc12. The average molecular weight is 265 g/mol. The van der Waals surface area contributed by atoms with Gasteiger partial charge in [-0.2, -0.15) is 4.68 Å². The van der Waals surface area contributed by atoms with Crippen molar-refractivity contribution in [1.82, 2.24) is 24.4 Å². The van der Waals surface area contributed by atoms with Gasteiger partial charge in [0.15, 0.2) is 11.3 Å². The molecule has 0 aromatic carbocycles. The van der Waals surface area contributed by atoms with Gasteiger partial charge >= 0.3 is 11.7 Å². The predicted octanol–water partition coefficient (Wildman–Crippen LogP) is 0.168. The van der Waals surface area contributed by atoms with Crippen LogP contribution in [0.15, 0.2) is 11.1 Å². The standard InChI is InChI=1S/C11H15N5O3/c1-4-7(5-2)19-10(17)8-9-13-14-15(3)11(18)16(9)6-12-8/h6-7H,4-5H2,1-3H3. The zero-order valence-electron chi connectivity index (χ0n) is 11.0. The van der Waals surface area contributed by atoms with E-state index in [9.17, 15) is 9.59 Å². The second kappa shape index (κ2) is 5.17. The zero-order chi connectivity index (χ0) is 14.0. The number of hydrogen-bond donors (Lipinski definition) is 0. The fourth-order valence-corrected chi connectivity index (χ4v) is 1.69. The number of fused-ring (bicyclic) bond motifs is 1. The van der Waals surface area contributed by atoms with Crippen LogP contribution in [0.3, 0.4) is 0 Å². The van der Waals surface area contributed by atoms with Gasteiger partial charge in [-0.3, -0.25) is 0 Å². The van der Waals surface area contributed by atoms with Gasteiger partial charge in [-0.05, 0) is 12.8 Å². The molecule has 2 aromatic heterocycles. The lowest BCUT2D eigenvalue weighted by Crippen LogP contribution is -2.27. The lowest BCUT2D eigenvalue weighted by Gasteiger charge is -2.12. The summed E-state index contributed by atoms with van der Waals surface area (Å²) >= 11 is 0. The molecule has 2 rings (SSSR count). The number of carbonyl (C=O) groups is 1. The summed E-state index contributed by atoms with van der Waals surface area (Å²) < 4.78 is 7.50. The van der Waals surface area contributed by atoms with Crippen molar-refractivity contribution in [1.29, 1.82) is 0 Å². The molecule has 0 saturated heterocycles. The molecule has 0 atom stereocenters. The Morgan fingerprint density at radius 2 is 2.11 bits per heavy atom. The fraction of sp³-hybridized carbons (Fsp3) is 0.545. The van der Waals surface area contributed by atoms with Crippen LogP contribution in [0.1, 0.15) is 37.2 Å². The van der Waals surface area contributed by atoms with Crippen molar-refractivity contribution in [2.75, 3.05) is 0 Å². The van der Waals surface area contributed by atoms with E-state index >= 15 is 0 Å². The van der Waals surface area contributed by atoms with Crippen LogP contribution in [-0.2, 0) is 11.8 Å². The first-order chi connectivity index (χ1) is 9.08. The third-order valence-electron chi connectivity index (χ3n) is 2.88. The number of nitrogens with zero attached hydrogens (tertiary/aromatic N) is 5. The minimum atomic E-state index is -0.584. The van der Waals surface area contributed by atoms with Crippen LogP contribution in [0.25, 0.3) is 5.65 Å². The van der Waals surface area contributed by atoms with Crippen molar-refractivity contribution in [2.45, 2.75) is 32.8 Å². The maximum absolute atomic E-state index is 12.0. The second-order valence-electron chi connectivity index (χ2n) is 4.13. The maximum atomic E-state index is 12.0. The molecule has 0 bridgehead atoms. The Morgan fingerprint density at radius 1 is 1.42 bits per heavy atom. The molecule has 0 unspecified atom stereocenters. The molecule has 0 aliphatic rings. The smallest absolute Gasteiger partial charge is 0.361 e. The first-order valence-electron chi connectivity index (χ1n) is 6.06. The number of aromatic nitrogens is 5. The van der Waals surface area contributed by atoms with Gasteiger partial charge in [-0.1, -0.05) is 19.1 Å². The van der Waals surface area contributed by atoms with E-state index in [1.165, 1.54) is 13.4 Å². The topological polar surface area (TPSA) is 91.4 Å². The van der Waals surface area contributed by atoms with Crippen LogP contribution in [0.2, 0.25) is 0 Å².